The van der Waals surface area contributed by atoms with Crippen LogP contribution in [0.25, 0.3) is 0 Å². The molecule has 2 aromatic carbocycles. The highest BCUT2D eigenvalue weighted by Crippen LogP contribution is 2.23. The Morgan fingerprint density at radius 1 is 0.952 bits per heavy atom. The van der Waals surface area contributed by atoms with E-state index in [2.05, 4.69) is 10.6 Å². The summed E-state index contributed by atoms with van der Waals surface area (Å²) < 4.78 is 0. The standard InChI is InChI=1S/C15H12Cl2N2O2/c1-18-14(20)11-4-2-3-5-13(11)19-15(21)10-7-6-9(16)8-12(10)17/h2-8H,1H3,(H,18,20)(H,19,21). The lowest BCUT2D eigenvalue weighted by Crippen LogP contribution is -2.21. The Kier molecular flexibility index (Phi) is 4.83. The summed E-state index contributed by atoms with van der Waals surface area (Å²) >= 11 is 11.8. The molecule has 0 aliphatic carbocycles. The Hall–Kier alpha value is -2.04. The van der Waals surface area contributed by atoms with E-state index in [1.807, 2.05) is 0 Å². The van der Waals surface area contributed by atoms with E-state index in [1.165, 1.54) is 19.2 Å². The van der Waals surface area contributed by atoms with Crippen LogP contribution in [0, 0.1) is 0 Å². The Balaban J connectivity index is 2.30. The summed E-state index contributed by atoms with van der Waals surface area (Å²) in [4.78, 5) is 24.0. The molecule has 0 aliphatic heterocycles. The number of rotatable bonds is 3. The third-order valence-electron chi connectivity index (χ3n) is 2.82. The van der Waals surface area contributed by atoms with Crippen LogP contribution in [0.15, 0.2) is 42.5 Å². The summed E-state index contributed by atoms with van der Waals surface area (Å²) in [5, 5.41) is 5.89. The average Bonchev–Trinajstić information content (AvgIpc) is 2.46. The Bertz CT molecular complexity index is 702. The number of nitrogens with one attached hydrogen (secondary N) is 2. The van der Waals surface area contributed by atoms with E-state index in [1.54, 1.807) is 30.3 Å². The molecule has 0 bridgehead atoms. The Labute approximate surface area is 132 Å². The molecule has 2 amide bonds. The van der Waals surface area contributed by atoms with Gasteiger partial charge < -0.3 is 10.6 Å². The van der Waals surface area contributed by atoms with E-state index in [9.17, 15) is 9.59 Å². The molecule has 0 aromatic heterocycles. The number of carbonyl (C=O) groups is 2. The maximum atomic E-state index is 12.2. The summed E-state index contributed by atoms with van der Waals surface area (Å²) in [6.45, 7) is 0. The number of para-hydroxylation sites is 1. The minimum Gasteiger partial charge on any atom is -0.355 e. The van der Waals surface area contributed by atoms with Crippen LogP contribution in [-0.4, -0.2) is 18.9 Å². The highest BCUT2D eigenvalue weighted by molar-refractivity contribution is 6.37. The molecule has 2 N–H and O–H groups in total. The second-order valence-corrected chi connectivity index (χ2v) is 5.05. The van der Waals surface area contributed by atoms with Crippen molar-refractivity contribution in [3.8, 4) is 0 Å². The van der Waals surface area contributed by atoms with Crippen LogP contribution in [0.1, 0.15) is 20.7 Å². The number of anilines is 1. The van der Waals surface area contributed by atoms with Crippen LogP contribution < -0.4 is 10.6 Å². The lowest BCUT2D eigenvalue weighted by Gasteiger charge is -2.11. The molecule has 6 heteroatoms. The molecule has 2 aromatic rings. The van der Waals surface area contributed by atoms with Crippen molar-refractivity contribution in [1.29, 1.82) is 0 Å². The SMILES string of the molecule is CNC(=O)c1ccccc1NC(=O)c1ccc(Cl)cc1Cl. The maximum absolute atomic E-state index is 12.2. The van der Waals surface area contributed by atoms with Gasteiger partial charge in [-0.2, -0.15) is 0 Å². The molecule has 0 unspecified atom stereocenters. The maximum Gasteiger partial charge on any atom is 0.257 e. The monoisotopic (exact) mass is 322 g/mol. The van der Waals surface area contributed by atoms with Crippen LogP contribution in [-0.2, 0) is 0 Å². The summed E-state index contributed by atoms with van der Waals surface area (Å²) in [5.41, 5.74) is 1.07. The fourth-order valence-corrected chi connectivity index (χ4v) is 2.28. The van der Waals surface area contributed by atoms with Crippen LogP contribution in [0.4, 0.5) is 5.69 Å². The van der Waals surface area contributed by atoms with E-state index < -0.39 is 5.91 Å². The fourth-order valence-electron chi connectivity index (χ4n) is 1.79. The second kappa shape index (κ2) is 6.61. The van der Waals surface area contributed by atoms with Gasteiger partial charge in [-0.3, -0.25) is 9.59 Å². The first-order valence-corrected chi connectivity index (χ1v) is 6.86. The van der Waals surface area contributed by atoms with Gasteiger partial charge in [-0.05, 0) is 30.3 Å². The minimum absolute atomic E-state index is 0.248. The van der Waals surface area contributed by atoms with Crippen molar-refractivity contribution in [1.82, 2.24) is 5.32 Å². The van der Waals surface area contributed by atoms with Crippen molar-refractivity contribution in [3.63, 3.8) is 0 Å². The number of carbonyl (C=O) groups excluding carboxylic acids is 2. The van der Waals surface area contributed by atoms with Crippen molar-refractivity contribution < 1.29 is 9.59 Å². The molecule has 21 heavy (non-hydrogen) atoms. The lowest BCUT2D eigenvalue weighted by molar-refractivity contribution is 0.0964. The van der Waals surface area contributed by atoms with E-state index >= 15 is 0 Å². The molecule has 2 rings (SSSR count). The largest absolute Gasteiger partial charge is 0.355 e. The molecule has 0 aliphatic rings. The lowest BCUT2D eigenvalue weighted by atomic mass is 10.1. The summed E-state index contributed by atoms with van der Waals surface area (Å²) in [7, 11) is 1.52. The number of halogens is 2. The Morgan fingerprint density at radius 3 is 2.33 bits per heavy atom. The quantitative estimate of drug-likeness (QED) is 0.907. The molecule has 0 fully saturated rings. The van der Waals surface area contributed by atoms with Gasteiger partial charge in [0.1, 0.15) is 0 Å². The van der Waals surface area contributed by atoms with Gasteiger partial charge >= 0.3 is 0 Å². The minimum atomic E-state index is -0.409. The molecule has 0 spiro atoms. The van der Waals surface area contributed by atoms with Gasteiger partial charge in [0, 0.05) is 12.1 Å². The second-order valence-electron chi connectivity index (χ2n) is 4.20. The van der Waals surface area contributed by atoms with Gasteiger partial charge in [-0.25, -0.2) is 0 Å². The van der Waals surface area contributed by atoms with Gasteiger partial charge in [-0.15, -0.1) is 0 Å². The number of benzene rings is 2. The molecule has 4 nitrogen and oxygen atoms in total. The van der Waals surface area contributed by atoms with Crippen LogP contribution in [0.5, 0.6) is 0 Å². The van der Waals surface area contributed by atoms with Gasteiger partial charge in [0.25, 0.3) is 11.8 Å². The molecular weight excluding hydrogens is 311 g/mol. The normalized spacial score (nSPS) is 10.0. The first-order valence-electron chi connectivity index (χ1n) is 6.10. The highest BCUT2D eigenvalue weighted by Gasteiger charge is 2.15. The van der Waals surface area contributed by atoms with E-state index in [0.29, 0.717) is 16.3 Å². The average molecular weight is 323 g/mol. The zero-order valence-corrected chi connectivity index (χ0v) is 12.6. The fraction of sp³-hybridized carbons (Fsp3) is 0.0667. The topological polar surface area (TPSA) is 58.2 Å². The van der Waals surface area contributed by atoms with Crippen LogP contribution in [0.3, 0.4) is 0 Å². The van der Waals surface area contributed by atoms with Gasteiger partial charge in [-0.1, -0.05) is 35.3 Å². The van der Waals surface area contributed by atoms with Crippen molar-refractivity contribution in [2.75, 3.05) is 12.4 Å². The molecule has 0 saturated carbocycles. The summed E-state index contributed by atoms with van der Waals surface area (Å²) in [6, 6.07) is 11.3. The molecule has 0 radical (unpaired) electrons. The van der Waals surface area contributed by atoms with Crippen LogP contribution in [0.2, 0.25) is 10.0 Å². The number of hydrogen-bond donors (Lipinski definition) is 2. The van der Waals surface area contributed by atoms with Crippen molar-refractivity contribution >= 4 is 40.7 Å². The van der Waals surface area contributed by atoms with Crippen molar-refractivity contribution in [2.45, 2.75) is 0 Å². The van der Waals surface area contributed by atoms with E-state index in [4.69, 9.17) is 23.2 Å². The first kappa shape index (κ1) is 15.4. The predicted octanol–water partition coefficient (Wildman–Crippen LogP) is 3.61. The number of hydrogen-bond acceptors (Lipinski definition) is 2. The highest BCUT2D eigenvalue weighted by atomic mass is 35.5. The molecule has 108 valence electrons. The molecule has 0 saturated heterocycles. The third kappa shape index (κ3) is 3.54. The molecular formula is C15H12Cl2N2O2. The first-order chi connectivity index (χ1) is 10.0. The van der Waals surface area contributed by atoms with Gasteiger partial charge in [0.2, 0.25) is 0 Å². The third-order valence-corrected chi connectivity index (χ3v) is 3.37. The van der Waals surface area contributed by atoms with Crippen LogP contribution >= 0.6 is 23.2 Å². The smallest absolute Gasteiger partial charge is 0.257 e. The van der Waals surface area contributed by atoms with E-state index in [0.717, 1.165) is 0 Å². The number of amides is 2. The molecule has 0 heterocycles. The van der Waals surface area contributed by atoms with Crippen molar-refractivity contribution in [2.24, 2.45) is 0 Å². The van der Waals surface area contributed by atoms with Gasteiger partial charge in [0.05, 0.1) is 21.8 Å². The summed E-state index contributed by atoms with van der Waals surface area (Å²) in [5.74, 6) is -0.693. The Morgan fingerprint density at radius 2 is 1.67 bits per heavy atom. The van der Waals surface area contributed by atoms with E-state index in [-0.39, 0.29) is 16.5 Å². The van der Waals surface area contributed by atoms with Gasteiger partial charge in [0.15, 0.2) is 0 Å². The molecule has 0 atom stereocenters. The summed E-state index contributed by atoms with van der Waals surface area (Å²) in [6.07, 6.45) is 0. The zero-order valence-electron chi connectivity index (χ0n) is 11.1. The van der Waals surface area contributed by atoms with Crippen molar-refractivity contribution in [3.05, 3.63) is 63.6 Å². The predicted molar refractivity (Wildman–Crippen MR) is 84.2 cm³/mol. The zero-order chi connectivity index (χ0) is 15.4.